The molecular formula is C16H17OS+. The number of ether oxygens (including phenoxy) is 1. The Hall–Kier alpha value is -1.41. The largest absolute Gasteiger partial charge is 0.497 e. The van der Waals surface area contributed by atoms with Crippen LogP contribution >= 0.6 is 11.3 Å². The highest BCUT2D eigenvalue weighted by Crippen LogP contribution is 2.33. The van der Waals surface area contributed by atoms with Crippen LogP contribution in [0.4, 0.5) is 0 Å². The molecule has 1 aliphatic rings. The molecular weight excluding hydrogens is 240 g/mol. The molecule has 2 aromatic rings. The first kappa shape index (κ1) is 11.7. The molecule has 0 fully saturated rings. The van der Waals surface area contributed by atoms with Crippen LogP contribution in [-0.2, 0) is 12.8 Å². The van der Waals surface area contributed by atoms with Gasteiger partial charge in [-0.3, -0.25) is 0 Å². The Morgan fingerprint density at radius 1 is 0.944 bits per heavy atom. The fraction of sp³-hybridized carbons (Fsp3) is 0.312. The van der Waals surface area contributed by atoms with Gasteiger partial charge in [-0.2, -0.15) is 0 Å². The molecule has 1 aromatic carbocycles. The Bertz CT molecular complexity index is 546. The van der Waals surface area contributed by atoms with E-state index in [1.807, 2.05) is 23.5 Å². The lowest BCUT2D eigenvalue weighted by Gasteiger charge is -2.08. The number of hydrogen-bond donors (Lipinski definition) is 0. The van der Waals surface area contributed by atoms with Gasteiger partial charge in [0.1, 0.15) is 5.75 Å². The van der Waals surface area contributed by atoms with Crippen molar-refractivity contribution in [2.75, 3.05) is 7.11 Å². The second-order valence-corrected chi connectivity index (χ2v) is 5.82. The van der Waals surface area contributed by atoms with Gasteiger partial charge in [-0.25, -0.2) is 0 Å². The van der Waals surface area contributed by atoms with Gasteiger partial charge in [-0.05, 0) is 49.6 Å². The molecule has 0 bridgehead atoms. The molecule has 0 saturated carbocycles. The number of fused-ring (bicyclic) bond motifs is 1. The lowest BCUT2D eigenvalue weighted by atomic mass is 9.99. The van der Waals surface area contributed by atoms with E-state index in [1.54, 1.807) is 17.6 Å². The van der Waals surface area contributed by atoms with Crippen LogP contribution < -0.4 is 4.74 Å². The number of methoxy groups -OCH3 is 1. The Labute approximate surface area is 112 Å². The summed E-state index contributed by atoms with van der Waals surface area (Å²) in [6.45, 7) is 0. The van der Waals surface area contributed by atoms with Gasteiger partial charge in [0.15, 0.2) is 0 Å². The van der Waals surface area contributed by atoms with Crippen molar-refractivity contribution in [3.63, 3.8) is 0 Å². The number of aryl methyl sites for hydroxylation is 2. The van der Waals surface area contributed by atoms with Gasteiger partial charge in [-0.15, -0.1) is 0 Å². The van der Waals surface area contributed by atoms with E-state index in [1.165, 1.54) is 36.1 Å². The van der Waals surface area contributed by atoms with E-state index in [0.29, 0.717) is 0 Å². The predicted octanol–water partition coefficient (Wildman–Crippen LogP) is 4.58. The molecule has 1 heterocycles. The summed E-state index contributed by atoms with van der Waals surface area (Å²) in [4.78, 5) is 2.94. The van der Waals surface area contributed by atoms with Crippen LogP contribution in [0.5, 0.6) is 5.75 Å². The summed E-state index contributed by atoms with van der Waals surface area (Å²) in [6.07, 6.45) is 5.20. The first-order valence-corrected chi connectivity index (χ1v) is 7.28. The third-order valence-corrected chi connectivity index (χ3v) is 4.81. The van der Waals surface area contributed by atoms with Crippen LogP contribution in [0.3, 0.4) is 0 Å². The summed E-state index contributed by atoms with van der Waals surface area (Å²) >= 11 is 1.95. The summed E-state index contributed by atoms with van der Waals surface area (Å²) in [7, 11) is 1.70. The van der Waals surface area contributed by atoms with E-state index in [0.717, 1.165) is 5.75 Å². The molecule has 0 saturated heterocycles. The molecule has 92 valence electrons. The first-order valence-electron chi connectivity index (χ1n) is 6.46. The molecule has 0 aliphatic heterocycles. The minimum Gasteiger partial charge on any atom is -0.497 e. The smallest absolute Gasteiger partial charge is 0.238 e. The van der Waals surface area contributed by atoms with Crippen molar-refractivity contribution in [2.24, 2.45) is 0 Å². The summed E-state index contributed by atoms with van der Waals surface area (Å²) < 4.78 is 5.20. The van der Waals surface area contributed by atoms with Crippen LogP contribution in [0.15, 0.2) is 36.4 Å². The van der Waals surface area contributed by atoms with Crippen molar-refractivity contribution >= 4 is 11.3 Å². The topological polar surface area (TPSA) is 9.23 Å². The molecule has 1 aliphatic carbocycles. The van der Waals surface area contributed by atoms with Crippen molar-refractivity contribution in [1.82, 2.24) is 0 Å². The molecule has 1 aromatic heterocycles. The Balaban J connectivity index is 1.95. The van der Waals surface area contributed by atoms with Gasteiger partial charge in [0.2, 0.25) is 21.1 Å². The number of hydrogen-bond acceptors (Lipinski definition) is 1. The van der Waals surface area contributed by atoms with E-state index < -0.39 is 0 Å². The Morgan fingerprint density at radius 3 is 2.50 bits per heavy atom. The van der Waals surface area contributed by atoms with Crippen molar-refractivity contribution in [1.29, 1.82) is 0 Å². The molecule has 0 unspecified atom stereocenters. The van der Waals surface area contributed by atoms with Crippen LogP contribution in [0.25, 0.3) is 10.4 Å². The lowest BCUT2D eigenvalue weighted by Crippen LogP contribution is -2.00. The SMILES string of the molecule is COc1ccc(-c2ccc3c([s+]2)CCCC3)cc1. The average Bonchev–Trinajstić information content (AvgIpc) is 2.47. The molecule has 0 spiro atoms. The van der Waals surface area contributed by atoms with Gasteiger partial charge < -0.3 is 4.74 Å². The number of rotatable bonds is 2. The minimum absolute atomic E-state index is 0.918. The van der Waals surface area contributed by atoms with Crippen molar-refractivity contribution in [3.8, 4) is 16.2 Å². The quantitative estimate of drug-likeness (QED) is 0.715. The maximum absolute atomic E-state index is 5.20. The monoisotopic (exact) mass is 257 g/mol. The van der Waals surface area contributed by atoms with Crippen LogP contribution in [-0.4, -0.2) is 7.11 Å². The van der Waals surface area contributed by atoms with E-state index in [2.05, 4.69) is 24.3 Å². The predicted molar refractivity (Wildman–Crippen MR) is 77.4 cm³/mol. The van der Waals surface area contributed by atoms with Crippen molar-refractivity contribution < 1.29 is 4.74 Å². The second kappa shape index (κ2) is 5.07. The van der Waals surface area contributed by atoms with Gasteiger partial charge in [-0.1, -0.05) is 0 Å². The van der Waals surface area contributed by atoms with Gasteiger partial charge >= 0.3 is 0 Å². The third-order valence-electron chi connectivity index (χ3n) is 3.50. The fourth-order valence-electron chi connectivity index (χ4n) is 2.45. The molecule has 2 heteroatoms. The highest BCUT2D eigenvalue weighted by Gasteiger charge is 2.21. The van der Waals surface area contributed by atoms with Crippen LogP contribution in [0.1, 0.15) is 23.3 Å². The molecule has 1 nitrogen and oxygen atoms in total. The Morgan fingerprint density at radius 2 is 1.72 bits per heavy atom. The Kier molecular flexibility index (Phi) is 3.28. The van der Waals surface area contributed by atoms with E-state index in [-0.39, 0.29) is 0 Å². The summed E-state index contributed by atoms with van der Waals surface area (Å²) in [5.74, 6) is 0.918. The third kappa shape index (κ3) is 2.25. The first-order chi connectivity index (χ1) is 8.86. The lowest BCUT2D eigenvalue weighted by molar-refractivity contribution is 0.415. The van der Waals surface area contributed by atoms with E-state index >= 15 is 0 Å². The molecule has 0 atom stereocenters. The molecule has 18 heavy (non-hydrogen) atoms. The summed E-state index contributed by atoms with van der Waals surface area (Å²) in [5, 5.41) is 0. The molecule has 3 rings (SSSR count). The van der Waals surface area contributed by atoms with Crippen LogP contribution in [0.2, 0.25) is 0 Å². The minimum atomic E-state index is 0.918. The molecule has 0 N–H and O–H groups in total. The summed E-state index contributed by atoms with van der Waals surface area (Å²) in [5.41, 5.74) is 2.85. The number of benzene rings is 1. The highest BCUT2D eigenvalue weighted by molar-refractivity contribution is 7.15. The molecule has 0 amide bonds. The molecule has 0 radical (unpaired) electrons. The van der Waals surface area contributed by atoms with Crippen LogP contribution in [0, 0.1) is 0 Å². The van der Waals surface area contributed by atoms with E-state index in [9.17, 15) is 0 Å². The van der Waals surface area contributed by atoms with Gasteiger partial charge in [0.05, 0.1) is 7.11 Å². The van der Waals surface area contributed by atoms with Crippen molar-refractivity contribution in [2.45, 2.75) is 25.7 Å². The summed E-state index contributed by atoms with van der Waals surface area (Å²) in [6, 6.07) is 12.9. The highest BCUT2D eigenvalue weighted by atomic mass is 32.1. The zero-order valence-electron chi connectivity index (χ0n) is 10.6. The van der Waals surface area contributed by atoms with Gasteiger partial charge in [0.25, 0.3) is 0 Å². The normalized spacial score (nSPS) is 14.1. The fourth-order valence-corrected chi connectivity index (χ4v) is 3.65. The zero-order chi connectivity index (χ0) is 12.4. The maximum atomic E-state index is 5.20. The second-order valence-electron chi connectivity index (χ2n) is 4.68. The average molecular weight is 257 g/mol. The maximum Gasteiger partial charge on any atom is 0.238 e. The van der Waals surface area contributed by atoms with Gasteiger partial charge in [0, 0.05) is 23.6 Å². The standard InChI is InChI=1S/C16H17OS/c1-17-14-9-6-13(7-10-14)16-11-8-12-4-2-3-5-15(12)18-16/h6-11H,2-5H2,1H3/q+1. The zero-order valence-corrected chi connectivity index (χ0v) is 11.4. The van der Waals surface area contributed by atoms with Crippen molar-refractivity contribution in [3.05, 3.63) is 46.8 Å². The van der Waals surface area contributed by atoms with E-state index in [4.69, 9.17) is 4.74 Å².